The molecule has 0 saturated carbocycles. The van der Waals surface area contributed by atoms with Crippen molar-refractivity contribution in [3.05, 3.63) is 83.9 Å². The number of esters is 3. The van der Waals surface area contributed by atoms with Gasteiger partial charge in [0.15, 0.2) is 17.8 Å². The van der Waals surface area contributed by atoms with Gasteiger partial charge in [-0.1, -0.05) is 42.5 Å². The van der Waals surface area contributed by atoms with Gasteiger partial charge in [-0.05, 0) is 30.3 Å². The second-order valence-corrected chi connectivity index (χ2v) is 7.05. The number of carbonyl (C=O) groups is 3. The minimum atomic E-state index is -2.03. The molecule has 8 heteroatoms. The van der Waals surface area contributed by atoms with Crippen LogP contribution in [0.15, 0.2) is 72.8 Å². The van der Waals surface area contributed by atoms with E-state index in [-0.39, 0.29) is 11.1 Å². The third-order valence-corrected chi connectivity index (χ3v) is 4.70. The highest BCUT2D eigenvalue weighted by atomic mass is 16.6. The van der Waals surface area contributed by atoms with Crippen LogP contribution in [-0.4, -0.2) is 58.6 Å². The molecule has 1 aliphatic rings. The second-order valence-electron chi connectivity index (χ2n) is 7.05. The average Bonchev–Trinajstić information content (AvgIpc) is 2.78. The van der Waals surface area contributed by atoms with Crippen molar-refractivity contribution in [1.29, 1.82) is 0 Å². The number of ether oxygens (including phenoxy) is 3. The van der Waals surface area contributed by atoms with Gasteiger partial charge in [0.1, 0.15) is 12.7 Å². The van der Waals surface area contributed by atoms with E-state index >= 15 is 0 Å². The second kappa shape index (κ2) is 9.55. The topological polar surface area (TPSA) is 119 Å². The molecule has 0 saturated heterocycles. The van der Waals surface area contributed by atoms with Crippen LogP contribution in [0.2, 0.25) is 0 Å². The Kier molecular flexibility index (Phi) is 6.84. The lowest BCUT2D eigenvalue weighted by Crippen LogP contribution is -2.60. The molecule has 2 N–H and O–H groups in total. The number of hydrogen-bond donors (Lipinski definition) is 2. The highest BCUT2D eigenvalue weighted by molar-refractivity contribution is 5.90. The average molecular weight is 426 g/mol. The lowest BCUT2D eigenvalue weighted by atomic mass is 9.84. The number of hydrogen-bond acceptors (Lipinski definition) is 8. The molecule has 0 aliphatic heterocycles. The number of benzene rings is 2. The highest BCUT2D eigenvalue weighted by Crippen LogP contribution is 2.30. The zero-order valence-electron chi connectivity index (χ0n) is 16.7. The van der Waals surface area contributed by atoms with E-state index in [4.69, 9.17) is 14.2 Å². The fraction of sp³-hybridized carbons (Fsp3) is 0.261. The Labute approximate surface area is 178 Å². The Balaban J connectivity index is 1.81. The minimum absolute atomic E-state index is 0.213. The molecule has 2 aromatic rings. The van der Waals surface area contributed by atoms with Gasteiger partial charge in [-0.3, -0.25) is 4.79 Å². The Morgan fingerprint density at radius 1 is 0.903 bits per heavy atom. The summed E-state index contributed by atoms with van der Waals surface area (Å²) in [6.07, 6.45) is -1.94. The zero-order chi connectivity index (χ0) is 22.4. The predicted octanol–water partition coefficient (Wildman–Crippen LogP) is 1.66. The number of carbonyl (C=O) groups excluding carboxylic acids is 3. The van der Waals surface area contributed by atoms with E-state index in [0.29, 0.717) is 0 Å². The molecule has 0 aromatic heterocycles. The number of aliphatic hydroxyl groups is 2. The zero-order valence-corrected chi connectivity index (χ0v) is 16.7. The van der Waals surface area contributed by atoms with Crippen LogP contribution < -0.4 is 0 Å². The van der Waals surface area contributed by atoms with Gasteiger partial charge in [0.25, 0.3) is 0 Å². The molecule has 0 bridgehead atoms. The van der Waals surface area contributed by atoms with E-state index in [1.165, 1.54) is 18.2 Å². The summed E-state index contributed by atoms with van der Waals surface area (Å²) in [5.41, 5.74) is -1.55. The molecule has 1 aliphatic carbocycles. The van der Waals surface area contributed by atoms with E-state index in [2.05, 4.69) is 0 Å². The molecule has 31 heavy (non-hydrogen) atoms. The molecule has 3 rings (SSSR count). The Morgan fingerprint density at radius 3 is 2.00 bits per heavy atom. The summed E-state index contributed by atoms with van der Waals surface area (Å²) in [7, 11) is 0. The molecule has 2 aromatic carbocycles. The Hall–Kier alpha value is -3.49. The van der Waals surface area contributed by atoms with Crippen molar-refractivity contribution in [2.45, 2.75) is 30.8 Å². The first-order chi connectivity index (χ1) is 14.8. The summed E-state index contributed by atoms with van der Waals surface area (Å²) in [4.78, 5) is 36.4. The lowest BCUT2D eigenvalue weighted by Gasteiger charge is -2.41. The number of aliphatic hydroxyl groups excluding tert-OH is 1. The van der Waals surface area contributed by atoms with Crippen LogP contribution in [0.25, 0.3) is 0 Å². The van der Waals surface area contributed by atoms with Crippen LogP contribution >= 0.6 is 0 Å². The first-order valence-corrected chi connectivity index (χ1v) is 9.55. The van der Waals surface area contributed by atoms with E-state index < -0.39 is 48.4 Å². The molecule has 0 heterocycles. The van der Waals surface area contributed by atoms with Crippen molar-refractivity contribution >= 4 is 17.9 Å². The van der Waals surface area contributed by atoms with Gasteiger partial charge in [0, 0.05) is 6.92 Å². The molecule has 0 amide bonds. The van der Waals surface area contributed by atoms with Gasteiger partial charge < -0.3 is 24.4 Å². The van der Waals surface area contributed by atoms with Crippen LogP contribution in [0.5, 0.6) is 0 Å². The van der Waals surface area contributed by atoms with Crippen molar-refractivity contribution in [2.24, 2.45) is 0 Å². The molecular formula is C23H22O8. The fourth-order valence-corrected chi connectivity index (χ4v) is 3.15. The van der Waals surface area contributed by atoms with Crippen LogP contribution in [0.3, 0.4) is 0 Å². The lowest BCUT2D eigenvalue weighted by molar-refractivity contribution is -0.187. The molecule has 162 valence electrons. The third kappa shape index (κ3) is 5.36. The van der Waals surface area contributed by atoms with E-state index in [1.54, 1.807) is 48.5 Å². The molecular weight excluding hydrogens is 404 g/mol. The maximum atomic E-state index is 12.5. The summed E-state index contributed by atoms with van der Waals surface area (Å²) < 4.78 is 15.8. The van der Waals surface area contributed by atoms with E-state index in [0.717, 1.165) is 13.0 Å². The fourth-order valence-electron chi connectivity index (χ4n) is 3.15. The minimum Gasteiger partial charge on any atom is -0.459 e. The van der Waals surface area contributed by atoms with Crippen molar-refractivity contribution in [1.82, 2.24) is 0 Å². The summed E-state index contributed by atoms with van der Waals surface area (Å²) in [6, 6.07) is 16.2. The first-order valence-electron chi connectivity index (χ1n) is 9.55. The normalized spacial score (nSPS) is 24.8. The summed E-state index contributed by atoms with van der Waals surface area (Å²) >= 11 is 0. The molecule has 0 fully saturated rings. The van der Waals surface area contributed by atoms with Crippen LogP contribution in [0.4, 0.5) is 0 Å². The standard InChI is InChI=1S/C23H22O8/c1-15(24)30-20-19(31-22(27)17-10-6-3-7-11-17)18(25)12-13-23(20,28)14-29-21(26)16-8-4-2-5-9-16/h2-13,18-20,25,28H,14H2,1H3/t18-,19+,20-,23+/m0/s1. The first kappa shape index (κ1) is 22.2. The molecule has 0 radical (unpaired) electrons. The Morgan fingerprint density at radius 2 is 1.45 bits per heavy atom. The van der Waals surface area contributed by atoms with Gasteiger partial charge in [0.2, 0.25) is 0 Å². The van der Waals surface area contributed by atoms with Gasteiger partial charge in [-0.2, -0.15) is 0 Å². The molecule has 0 unspecified atom stereocenters. The SMILES string of the molecule is CC(=O)O[C@H]1[C@H](OC(=O)c2ccccc2)[C@@H](O)C=C[C@@]1(O)COC(=O)c1ccccc1. The quantitative estimate of drug-likeness (QED) is 0.407. The van der Waals surface area contributed by atoms with Crippen molar-refractivity contribution in [2.75, 3.05) is 6.61 Å². The van der Waals surface area contributed by atoms with Gasteiger partial charge in [-0.25, -0.2) is 9.59 Å². The smallest absolute Gasteiger partial charge is 0.338 e. The number of rotatable bonds is 6. The van der Waals surface area contributed by atoms with Crippen LogP contribution in [-0.2, 0) is 19.0 Å². The summed E-state index contributed by atoms with van der Waals surface area (Å²) in [6.45, 7) is 0.512. The third-order valence-electron chi connectivity index (χ3n) is 4.70. The van der Waals surface area contributed by atoms with Gasteiger partial charge in [0.05, 0.1) is 11.1 Å². The summed E-state index contributed by atoms with van der Waals surface area (Å²) in [5, 5.41) is 21.5. The predicted molar refractivity (Wildman–Crippen MR) is 108 cm³/mol. The van der Waals surface area contributed by atoms with Gasteiger partial charge >= 0.3 is 17.9 Å². The van der Waals surface area contributed by atoms with Crippen molar-refractivity contribution in [3.8, 4) is 0 Å². The van der Waals surface area contributed by atoms with Crippen LogP contribution in [0, 0.1) is 0 Å². The maximum absolute atomic E-state index is 12.5. The highest BCUT2D eigenvalue weighted by Gasteiger charge is 2.50. The largest absolute Gasteiger partial charge is 0.459 e. The van der Waals surface area contributed by atoms with Crippen LogP contribution in [0.1, 0.15) is 27.6 Å². The summed E-state index contributed by atoms with van der Waals surface area (Å²) in [5.74, 6) is -2.25. The Bertz CT molecular complexity index is 956. The molecule has 0 spiro atoms. The van der Waals surface area contributed by atoms with Crippen molar-refractivity contribution in [3.63, 3.8) is 0 Å². The monoisotopic (exact) mass is 426 g/mol. The molecule has 8 nitrogen and oxygen atoms in total. The maximum Gasteiger partial charge on any atom is 0.338 e. The molecule has 4 atom stereocenters. The van der Waals surface area contributed by atoms with E-state index in [1.807, 2.05) is 0 Å². The van der Waals surface area contributed by atoms with Gasteiger partial charge in [-0.15, -0.1) is 0 Å². The van der Waals surface area contributed by atoms with Crippen molar-refractivity contribution < 1.29 is 38.8 Å². The van der Waals surface area contributed by atoms with E-state index in [9.17, 15) is 24.6 Å².